The Hall–Kier alpha value is -2.25. The number of imide groups is 1. The molecule has 0 aliphatic carbocycles. The second-order valence-electron chi connectivity index (χ2n) is 4.86. The SMILES string of the molecule is CCN(CC(=O)NC(=O)Nc1ccccc1F)Cc1cccs1. The third-order valence-electron chi connectivity index (χ3n) is 3.15. The molecule has 7 heteroatoms. The summed E-state index contributed by atoms with van der Waals surface area (Å²) in [5.41, 5.74) is 0.0312. The molecule has 5 nitrogen and oxygen atoms in total. The largest absolute Gasteiger partial charge is 0.326 e. The van der Waals surface area contributed by atoms with Gasteiger partial charge in [0.25, 0.3) is 0 Å². The van der Waals surface area contributed by atoms with E-state index in [0.717, 1.165) is 4.88 Å². The van der Waals surface area contributed by atoms with Crippen LogP contribution in [0.15, 0.2) is 41.8 Å². The second-order valence-corrected chi connectivity index (χ2v) is 5.90. The molecule has 1 aromatic heterocycles. The summed E-state index contributed by atoms with van der Waals surface area (Å²) in [6, 6.07) is 8.98. The van der Waals surface area contributed by atoms with E-state index in [9.17, 15) is 14.0 Å². The van der Waals surface area contributed by atoms with Gasteiger partial charge in [-0.15, -0.1) is 11.3 Å². The average Bonchev–Trinajstić information content (AvgIpc) is 3.01. The van der Waals surface area contributed by atoms with Gasteiger partial charge in [-0.05, 0) is 30.1 Å². The van der Waals surface area contributed by atoms with Gasteiger partial charge in [0, 0.05) is 11.4 Å². The van der Waals surface area contributed by atoms with Gasteiger partial charge in [0.15, 0.2) is 0 Å². The van der Waals surface area contributed by atoms with E-state index in [1.54, 1.807) is 17.4 Å². The van der Waals surface area contributed by atoms with E-state index in [2.05, 4.69) is 10.6 Å². The highest BCUT2D eigenvalue weighted by atomic mass is 32.1. The molecule has 2 aromatic rings. The van der Waals surface area contributed by atoms with E-state index in [1.165, 1.54) is 18.2 Å². The van der Waals surface area contributed by atoms with Crippen LogP contribution in [0.2, 0.25) is 0 Å². The van der Waals surface area contributed by atoms with Gasteiger partial charge in [-0.25, -0.2) is 9.18 Å². The van der Waals surface area contributed by atoms with Crippen molar-refractivity contribution in [2.45, 2.75) is 13.5 Å². The topological polar surface area (TPSA) is 61.4 Å². The Morgan fingerprint density at radius 1 is 1.22 bits per heavy atom. The minimum atomic E-state index is -0.743. The van der Waals surface area contributed by atoms with E-state index in [0.29, 0.717) is 13.1 Å². The van der Waals surface area contributed by atoms with Crippen LogP contribution in [0.3, 0.4) is 0 Å². The normalized spacial score (nSPS) is 10.6. The van der Waals surface area contributed by atoms with Crippen molar-refractivity contribution >= 4 is 29.0 Å². The molecular formula is C16H18FN3O2S. The lowest BCUT2D eigenvalue weighted by atomic mass is 10.3. The number of nitrogens with zero attached hydrogens (tertiary/aromatic N) is 1. The highest BCUT2D eigenvalue weighted by Gasteiger charge is 2.14. The van der Waals surface area contributed by atoms with Gasteiger partial charge in [0.1, 0.15) is 5.82 Å². The number of rotatable bonds is 6. The fraction of sp³-hybridized carbons (Fsp3) is 0.250. The summed E-state index contributed by atoms with van der Waals surface area (Å²) in [5, 5.41) is 6.50. The molecule has 0 saturated carbocycles. The van der Waals surface area contributed by atoms with Crippen LogP contribution in [0.5, 0.6) is 0 Å². The van der Waals surface area contributed by atoms with Crippen LogP contribution in [0.1, 0.15) is 11.8 Å². The number of hydrogen-bond acceptors (Lipinski definition) is 4. The van der Waals surface area contributed by atoms with Crippen LogP contribution >= 0.6 is 11.3 Å². The van der Waals surface area contributed by atoms with Crippen LogP contribution in [0.25, 0.3) is 0 Å². The summed E-state index contributed by atoms with van der Waals surface area (Å²) in [6.07, 6.45) is 0. The summed E-state index contributed by atoms with van der Waals surface area (Å²) in [6.45, 7) is 3.37. The fourth-order valence-electron chi connectivity index (χ4n) is 1.99. The predicted molar refractivity (Wildman–Crippen MR) is 88.8 cm³/mol. The van der Waals surface area contributed by atoms with Crippen molar-refractivity contribution in [3.63, 3.8) is 0 Å². The first-order chi connectivity index (χ1) is 11.1. The number of halogens is 1. The Balaban J connectivity index is 1.83. The van der Waals surface area contributed by atoms with Crippen LogP contribution in [0, 0.1) is 5.82 Å². The molecule has 3 amide bonds. The van der Waals surface area contributed by atoms with Crippen molar-refractivity contribution < 1.29 is 14.0 Å². The number of carbonyl (C=O) groups is 2. The van der Waals surface area contributed by atoms with Gasteiger partial charge in [0.05, 0.1) is 12.2 Å². The maximum atomic E-state index is 13.4. The third kappa shape index (κ3) is 5.46. The molecule has 0 aliphatic heterocycles. The Morgan fingerprint density at radius 3 is 2.65 bits per heavy atom. The van der Waals surface area contributed by atoms with Gasteiger partial charge >= 0.3 is 6.03 Å². The van der Waals surface area contributed by atoms with Gasteiger partial charge < -0.3 is 5.32 Å². The fourth-order valence-corrected chi connectivity index (χ4v) is 2.73. The first-order valence-electron chi connectivity index (χ1n) is 7.18. The summed E-state index contributed by atoms with van der Waals surface area (Å²) in [7, 11) is 0. The minimum Gasteiger partial charge on any atom is -0.305 e. The summed E-state index contributed by atoms with van der Waals surface area (Å²) in [4.78, 5) is 26.7. The quantitative estimate of drug-likeness (QED) is 0.853. The lowest BCUT2D eigenvalue weighted by Gasteiger charge is -2.18. The molecule has 122 valence electrons. The molecular weight excluding hydrogens is 317 g/mol. The monoisotopic (exact) mass is 335 g/mol. The first-order valence-corrected chi connectivity index (χ1v) is 8.06. The standard InChI is InChI=1S/C16H18FN3O2S/c1-2-20(10-12-6-5-9-23-12)11-15(21)19-16(22)18-14-8-4-3-7-13(14)17/h3-9H,2,10-11H2,1H3,(H2,18,19,21,22). The molecule has 0 atom stereocenters. The van der Waals surface area contributed by atoms with Gasteiger partial charge in [0.2, 0.25) is 5.91 Å². The van der Waals surface area contributed by atoms with Crippen molar-refractivity contribution in [2.75, 3.05) is 18.4 Å². The molecule has 0 saturated heterocycles. The van der Waals surface area contributed by atoms with E-state index < -0.39 is 17.8 Å². The molecule has 0 radical (unpaired) electrons. The maximum absolute atomic E-state index is 13.4. The zero-order valence-electron chi connectivity index (χ0n) is 12.7. The van der Waals surface area contributed by atoms with Gasteiger partial charge in [-0.1, -0.05) is 25.1 Å². The smallest absolute Gasteiger partial charge is 0.305 e. The number of benzene rings is 1. The number of nitrogens with one attached hydrogen (secondary N) is 2. The second kappa shape index (κ2) is 8.40. The molecule has 0 aliphatic rings. The molecule has 1 heterocycles. The van der Waals surface area contributed by atoms with Gasteiger partial charge in [-0.2, -0.15) is 0 Å². The van der Waals surface area contributed by atoms with Crippen molar-refractivity contribution in [3.8, 4) is 0 Å². The maximum Gasteiger partial charge on any atom is 0.326 e. The highest BCUT2D eigenvalue weighted by molar-refractivity contribution is 7.09. The number of anilines is 1. The number of urea groups is 1. The molecule has 0 fully saturated rings. The number of para-hydroxylation sites is 1. The Kier molecular flexibility index (Phi) is 6.25. The molecule has 1 aromatic carbocycles. The van der Waals surface area contributed by atoms with Crippen LogP contribution in [-0.2, 0) is 11.3 Å². The Labute approximate surface area is 138 Å². The van der Waals surface area contributed by atoms with E-state index in [4.69, 9.17) is 0 Å². The molecule has 0 unspecified atom stereocenters. The number of likely N-dealkylation sites (N-methyl/N-ethyl adjacent to an activating group) is 1. The molecule has 23 heavy (non-hydrogen) atoms. The van der Waals surface area contributed by atoms with Crippen molar-refractivity contribution in [1.82, 2.24) is 10.2 Å². The van der Waals surface area contributed by atoms with Crippen molar-refractivity contribution in [2.24, 2.45) is 0 Å². The zero-order valence-corrected chi connectivity index (χ0v) is 13.5. The van der Waals surface area contributed by atoms with E-state index >= 15 is 0 Å². The zero-order chi connectivity index (χ0) is 16.7. The van der Waals surface area contributed by atoms with Crippen molar-refractivity contribution in [3.05, 3.63) is 52.5 Å². The number of thiophene rings is 1. The summed E-state index contributed by atoms with van der Waals surface area (Å²) >= 11 is 1.62. The third-order valence-corrected chi connectivity index (χ3v) is 4.01. The lowest BCUT2D eigenvalue weighted by molar-refractivity contribution is -0.121. The van der Waals surface area contributed by atoms with Crippen molar-refractivity contribution in [1.29, 1.82) is 0 Å². The van der Waals surface area contributed by atoms with Crippen LogP contribution in [0.4, 0.5) is 14.9 Å². The van der Waals surface area contributed by atoms with E-state index in [1.807, 2.05) is 29.3 Å². The Morgan fingerprint density at radius 2 is 2.00 bits per heavy atom. The van der Waals surface area contributed by atoms with Crippen LogP contribution < -0.4 is 10.6 Å². The summed E-state index contributed by atoms with van der Waals surface area (Å²) < 4.78 is 13.4. The number of carbonyl (C=O) groups excluding carboxylic acids is 2. The number of amides is 3. The highest BCUT2D eigenvalue weighted by Crippen LogP contribution is 2.12. The molecule has 2 rings (SSSR count). The van der Waals surface area contributed by atoms with Crippen LogP contribution in [-0.4, -0.2) is 29.9 Å². The summed E-state index contributed by atoms with van der Waals surface area (Å²) in [5.74, 6) is -0.986. The molecule has 0 bridgehead atoms. The lowest BCUT2D eigenvalue weighted by Crippen LogP contribution is -2.41. The first kappa shape index (κ1) is 17.1. The van der Waals surface area contributed by atoms with E-state index in [-0.39, 0.29) is 12.2 Å². The minimum absolute atomic E-state index is 0.0312. The average molecular weight is 335 g/mol. The molecule has 0 spiro atoms. The van der Waals surface area contributed by atoms with Gasteiger partial charge in [-0.3, -0.25) is 15.0 Å². The predicted octanol–water partition coefficient (Wildman–Crippen LogP) is 3.06. The molecule has 2 N–H and O–H groups in total. The number of hydrogen-bond donors (Lipinski definition) is 2. The Bertz CT molecular complexity index is 661.